The fraction of sp³-hybridized carbons (Fsp3) is 0.417. The zero-order valence-electron chi connectivity index (χ0n) is 18.4. The molecular formula is C24H27NO6. The lowest BCUT2D eigenvalue weighted by atomic mass is 9.64. The first-order chi connectivity index (χ1) is 14.9. The van der Waals surface area contributed by atoms with Crippen LogP contribution in [0.5, 0.6) is 28.7 Å². The Morgan fingerprint density at radius 3 is 2.19 bits per heavy atom. The Morgan fingerprint density at radius 2 is 1.65 bits per heavy atom. The number of benzene rings is 2. The van der Waals surface area contributed by atoms with E-state index in [2.05, 4.69) is 0 Å². The number of hydrogen-bond acceptors (Lipinski definition) is 7. The number of nitrogens with one attached hydrogen (secondary N) is 1. The van der Waals surface area contributed by atoms with Crippen LogP contribution in [0.3, 0.4) is 0 Å². The Balaban J connectivity index is 1.99. The zero-order chi connectivity index (χ0) is 22.3. The molecular weight excluding hydrogens is 398 g/mol. The van der Waals surface area contributed by atoms with Gasteiger partial charge in [-0.3, -0.25) is 4.79 Å². The number of carbonyl (C=O) groups excluding carboxylic acids is 1. The molecule has 0 spiro atoms. The summed E-state index contributed by atoms with van der Waals surface area (Å²) in [6, 6.07) is 7.53. The van der Waals surface area contributed by atoms with E-state index in [-0.39, 0.29) is 24.4 Å². The maximum Gasteiger partial charge on any atom is 0.231 e. The van der Waals surface area contributed by atoms with Gasteiger partial charge in [0, 0.05) is 35.4 Å². The van der Waals surface area contributed by atoms with Gasteiger partial charge in [0.2, 0.25) is 12.5 Å². The molecule has 0 fully saturated rings. The third-order valence-corrected chi connectivity index (χ3v) is 6.29. The van der Waals surface area contributed by atoms with E-state index in [1.165, 1.54) is 0 Å². The molecule has 3 atom stereocenters. The molecule has 7 heteroatoms. The summed E-state index contributed by atoms with van der Waals surface area (Å²) >= 11 is 0. The molecule has 164 valence electrons. The summed E-state index contributed by atoms with van der Waals surface area (Å²) in [6.07, 6.45) is 0.392. The van der Waals surface area contributed by atoms with Gasteiger partial charge in [0.05, 0.1) is 21.3 Å². The molecule has 7 nitrogen and oxygen atoms in total. The quantitative estimate of drug-likeness (QED) is 0.747. The fourth-order valence-corrected chi connectivity index (χ4v) is 4.72. The molecule has 0 amide bonds. The molecule has 1 N–H and O–H groups in total. The van der Waals surface area contributed by atoms with Crippen molar-refractivity contribution >= 4 is 11.5 Å². The van der Waals surface area contributed by atoms with Crippen LogP contribution in [0.4, 0.5) is 0 Å². The topological polar surface area (TPSA) is 87.1 Å². The van der Waals surface area contributed by atoms with Crippen LogP contribution >= 0.6 is 0 Å². The second kappa shape index (κ2) is 8.13. The van der Waals surface area contributed by atoms with Crippen molar-refractivity contribution in [1.29, 1.82) is 5.41 Å². The van der Waals surface area contributed by atoms with E-state index >= 15 is 0 Å². The van der Waals surface area contributed by atoms with Gasteiger partial charge in [-0.2, -0.15) is 0 Å². The van der Waals surface area contributed by atoms with E-state index in [1.807, 2.05) is 38.1 Å². The van der Waals surface area contributed by atoms with Gasteiger partial charge in [-0.1, -0.05) is 13.8 Å². The molecule has 31 heavy (non-hydrogen) atoms. The standard InChI is InChI=1S/C24H27NO6/c1-6-16(26)21-12(2)23(25)15-10-18-17(30-11-31-18)9-14(15)22(21)13-7-19(27-3)24(29-5)20(8-13)28-4/h7-10,12,21-22,25H,6,11H2,1-5H3/t12-,21+,22+/m0/s1. The Kier molecular flexibility index (Phi) is 5.52. The molecule has 1 heterocycles. The highest BCUT2D eigenvalue weighted by molar-refractivity contribution is 6.06. The lowest BCUT2D eigenvalue weighted by Crippen LogP contribution is -2.38. The summed E-state index contributed by atoms with van der Waals surface area (Å²) < 4.78 is 27.8. The Labute approximate surface area is 181 Å². The molecule has 0 bridgehead atoms. The van der Waals surface area contributed by atoms with Crippen LogP contribution in [0, 0.1) is 17.2 Å². The number of Topliss-reactive ketones (excluding diaryl/α,β-unsaturated/α-hetero) is 1. The lowest BCUT2D eigenvalue weighted by Gasteiger charge is -2.38. The number of rotatable bonds is 6. The Bertz CT molecular complexity index is 1020. The van der Waals surface area contributed by atoms with Gasteiger partial charge in [-0.25, -0.2) is 0 Å². The normalized spacial score (nSPS) is 21.5. The molecule has 0 unspecified atom stereocenters. The molecule has 4 rings (SSSR count). The van der Waals surface area contributed by atoms with E-state index in [9.17, 15) is 4.79 Å². The number of hydrogen-bond donors (Lipinski definition) is 1. The predicted octanol–water partition coefficient (Wildman–Crippen LogP) is 4.19. The zero-order valence-corrected chi connectivity index (χ0v) is 18.4. The maximum atomic E-state index is 13.1. The van der Waals surface area contributed by atoms with E-state index in [0.717, 1.165) is 16.7 Å². The lowest BCUT2D eigenvalue weighted by molar-refractivity contribution is -0.123. The van der Waals surface area contributed by atoms with E-state index in [4.69, 9.17) is 29.1 Å². The number of ketones is 1. The van der Waals surface area contributed by atoms with Crippen LogP contribution in [0.2, 0.25) is 0 Å². The summed E-state index contributed by atoms with van der Waals surface area (Å²) in [4.78, 5) is 13.1. The van der Waals surface area contributed by atoms with E-state index in [0.29, 0.717) is 40.9 Å². The minimum absolute atomic E-state index is 0.110. The van der Waals surface area contributed by atoms with Gasteiger partial charge in [-0.05, 0) is 35.4 Å². The average Bonchev–Trinajstić information content (AvgIpc) is 3.26. The summed E-state index contributed by atoms with van der Waals surface area (Å²) in [5, 5.41) is 8.79. The largest absolute Gasteiger partial charge is 0.493 e. The first-order valence-electron chi connectivity index (χ1n) is 10.3. The van der Waals surface area contributed by atoms with Crippen molar-refractivity contribution in [1.82, 2.24) is 0 Å². The second-order valence-corrected chi connectivity index (χ2v) is 7.78. The highest BCUT2D eigenvalue weighted by atomic mass is 16.7. The van der Waals surface area contributed by atoms with Crippen molar-refractivity contribution < 1.29 is 28.5 Å². The molecule has 0 radical (unpaired) electrons. The van der Waals surface area contributed by atoms with E-state index in [1.54, 1.807) is 21.3 Å². The SMILES string of the molecule is CCC(=O)[C@@H]1[C@H](c2cc(OC)c(OC)c(OC)c2)c2cc3c(cc2C(=N)[C@H]1C)OCO3. The van der Waals surface area contributed by atoms with Crippen molar-refractivity contribution in [3.05, 3.63) is 41.0 Å². The monoisotopic (exact) mass is 425 g/mol. The van der Waals surface area contributed by atoms with Gasteiger partial charge in [0.25, 0.3) is 0 Å². The van der Waals surface area contributed by atoms with Gasteiger partial charge in [0.1, 0.15) is 5.78 Å². The molecule has 0 aromatic heterocycles. The third-order valence-electron chi connectivity index (χ3n) is 6.29. The van der Waals surface area contributed by atoms with Crippen molar-refractivity contribution in [3.63, 3.8) is 0 Å². The highest BCUT2D eigenvalue weighted by Gasteiger charge is 2.43. The maximum absolute atomic E-state index is 13.1. The fourth-order valence-electron chi connectivity index (χ4n) is 4.72. The van der Waals surface area contributed by atoms with Crippen molar-refractivity contribution in [2.75, 3.05) is 28.1 Å². The number of carbonyl (C=O) groups is 1. The molecule has 1 aliphatic heterocycles. The van der Waals surface area contributed by atoms with Gasteiger partial charge >= 0.3 is 0 Å². The third kappa shape index (κ3) is 3.28. The summed E-state index contributed by atoms with van der Waals surface area (Å²) in [7, 11) is 4.70. The smallest absolute Gasteiger partial charge is 0.231 e. The van der Waals surface area contributed by atoms with Gasteiger partial charge < -0.3 is 29.1 Å². The molecule has 1 aliphatic carbocycles. The first-order valence-corrected chi connectivity index (χ1v) is 10.3. The van der Waals surface area contributed by atoms with Crippen molar-refractivity contribution in [2.24, 2.45) is 11.8 Å². The van der Waals surface area contributed by atoms with Crippen LogP contribution in [0.1, 0.15) is 42.9 Å². The van der Waals surface area contributed by atoms with Crippen LogP contribution in [-0.4, -0.2) is 39.6 Å². The second-order valence-electron chi connectivity index (χ2n) is 7.78. The first kappa shape index (κ1) is 21.0. The minimum Gasteiger partial charge on any atom is -0.493 e. The Morgan fingerprint density at radius 1 is 1.03 bits per heavy atom. The van der Waals surface area contributed by atoms with Crippen LogP contribution in [0.25, 0.3) is 0 Å². The number of ether oxygens (including phenoxy) is 5. The van der Waals surface area contributed by atoms with Gasteiger partial charge in [0.15, 0.2) is 23.0 Å². The van der Waals surface area contributed by atoms with E-state index < -0.39 is 5.92 Å². The molecule has 2 aliphatic rings. The summed E-state index contributed by atoms with van der Waals surface area (Å²) in [5.41, 5.74) is 2.94. The molecule has 2 aromatic rings. The predicted molar refractivity (Wildman–Crippen MR) is 115 cm³/mol. The molecule has 0 saturated carbocycles. The summed E-state index contributed by atoms with van der Waals surface area (Å²) in [5.74, 6) is 1.95. The summed E-state index contributed by atoms with van der Waals surface area (Å²) in [6.45, 7) is 3.95. The number of methoxy groups -OCH3 is 3. The van der Waals surface area contributed by atoms with Crippen molar-refractivity contribution in [2.45, 2.75) is 26.2 Å². The Hall–Kier alpha value is -3.22. The average molecular weight is 425 g/mol. The van der Waals surface area contributed by atoms with Gasteiger partial charge in [-0.15, -0.1) is 0 Å². The van der Waals surface area contributed by atoms with Crippen LogP contribution < -0.4 is 23.7 Å². The molecule has 0 saturated heterocycles. The van der Waals surface area contributed by atoms with Crippen LogP contribution in [0.15, 0.2) is 24.3 Å². The highest BCUT2D eigenvalue weighted by Crippen LogP contribution is 2.51. The minimum atomic E-state index is -0.395. The van der Waals surface area contributed by atoms with Crippen LogP contribution in [-0.2, 0) is 4.79 Å². The van der Waals surface area contributed by atoms with Crippen molar-refractivity contribution in [3.8, 4) is 28.7 Å². The number of fused-ring (bicyclic) bond motifs is 2. The molecule has 2 aromatic carbocycles.